The number of nitrogens with zero attached hydrogens (tertiary/aromatic N) is 1. The molecule has 1 heterocycles. The second-order valence-electron chi connectivity index (χ2n) is 6.39. The van der Waals surface area contributed by atoms with Crippen LogP contribution >= 0.6 is 23.4 Å². The molecule has 0 radical (unpaired) electrons. The molecular formula is C18H27ClN2O2S. The van der Waals surface area contributed by atoms with Gasteiger partial charge in [-0.3, -0.25) is 9.69 Å². The number of aliphatic hydroxyl groups is 1. The van der Waals surface area contributed by atoms with Crippen LogP contribution in [0.2, 0.25) is 5.02 Å². The highest BCUT2D eigenvalue weighted by atomic mass is 35.5. The van der Waals surface area contributed by atoms with Gasteiger partial charge in [-0.1, -0.05) is 36.7 Å². The SMILES string of the molecule is C[C@@H](CO)CSCC(=O)NC[C@H](c1ccccc1Cl)N1CCCC1. The lowest BCUT2D eigenvalue weighted by Gasteiger charge is -2.29. The first-order valence-corrected chi connectivity index (χ1v) is 10.1. The van der Waals surface area contributed by atoms with E-state index in [2.05, 4.69) is 16.3 Å². The van der Waals surface area contributed by atoms with Gasteiger partial charge in [0, 0.05) is 18.2 Å². The molecule has 0 unspecified atom stereocenters. The van der Waals surface area contributed by atoms with Crippen LogP contribution in [0.1, 0.15) is 31.4 Å². The molecule has 1 saturated heterocycles. The molecule has 1 aliphatic heterocycles. The maximum atomic E-state index is 12.1. The van der Waals surface area contributed by atoms with Gasteiger partial charge in [0.05, 0.1) is 11.8 Å². The number of amides is 1. The maximum Gasteiger partial charge on any atom is 0.230 e. The number of hydrogen-bond acceptors (Lipinski definition) is 4. The highest BCUT2D eigenvalue weighted by Crippen LogP contribution is 2.29. The van der Waals surface area contributed by atoms with Crippen molar-refractivity contribution in [1.82, 2.24) is 10.2 Å². The number of nitrogens with one attached hydrogen (secondary N) is 1. The Kier molecular flexibility index (Phi) is 8.39. The molecule has 24 heavy (non-hydrogen) atoms. The summed E-state index contributed by atoms with van der Waals surface area (Å²) in [5.74, 6) is 1.49. The summed E-state index contributed by atoms with van der Waals surface area (Å²) in [7, 11) is 0. The smallest absolute Gasteiger partial charge is 0.230 e. The Morgan fingerprint density at radius 1 is 1.38 bits per heavy atom. The third-order valence-electron chi connectivity index (χ3n) is 4.29. The highest BCUT2D eigenvalue weighted by Gasteiger charge is 2.25. The molecule has 0 spiro atoms. The largest absolute Gasteiger partial charge is 0.396 e. The number of halogens is 1. The second kappa shape index (κ2) is 10.3. The van der Waals surface area contributed by atoms with Gasteiger partial charge in [0.2, 0.25) is 5.91 Å². The summed E-state index contributed by atoms with van der Waals surface area (Å²) in [6.45, 7) is 4.83. The molecule has 1 aliphatic rings. The first kappa shape index (κ1) is 19.6. The van der Waals surface area contributed by atoms with Crippen LogP contribution in [0.4, 0.5) is 0 Å². The van der Waals surface area contributed by atoms with Crippen LogP contribution < -0.4 is 5.32 Å². The van der Waals surface area contributed by atoms with Crippen LogP contribution in [-0.2, 0) is 4.79 Å². The quantitative estimate of drug-likeness (QED) is 0.701. The van der Waals surface area contributed by atoms with Crippen LogP contribution in [0.5, 0.6) is 0 Å². The van der Waals surface area contributed by atoms with E-state index in [-0.39, 0.29) is 24.5 Å². The molecule has 2 rings (SSSR count). The third-order valence-corrected chi connectivity index (χ3v) is 5.90. The van der Waals surface area contributed by atoms with Crippen LogP contribution in [0.25, 0.3) is 0 Å². The van der Waals surface area contributed by atoms with Crippen LogP contribution in [-0.4, -0.2) is 53.7 Å². The van der Waals surface area contributed by atoms with Crippen molar-refractivity contribution in [2.45, 2.75) is 25.8 Å². The normalized spacial score (nSPS) is 17.6. The average molecular weight is 371 g/mol. The lowest BCUT2D eigenvalue weighted by atomic mass is 10.1. The zero-order valence-electron chi connectivity index (χ0n) is 14.2. The zero-order valence-corrected chi connectivity index (χ0v) is 15.8. The van der Waals surface area contributed by atoms with E-state index in [0.29, 0.717) is 12.3 Å². The van der Waals surface area contributed by atoms with Crippen molar-refractivity contribution in [2.75, 3.05) is 37.7 Å². The van der Waals surface area contributed by atoms with Crippen LogP contribution in [0, 0.1) is 5.92 Å². The second-order valence-corrected chi connectivity index (χ2v) is 7.82. The van der Waals surface area contributed by atoms with E-state index < -0.39 is 0 Å². The molecule has 0 saturated carbocycles. The Morgan fingerprint density at radius 3 is 2.75 bits per heavy atom. The molecule has 1 aromatic carbocycles. The van der Waals surface area contributed by atoms with E-state index in [9.17, 15) is 4.79 Å². The maximum absolute atomic E-state index is 12.1. The molecule has 0 bridgehead atoms. The standard InChI is InChI=1S/C18H27ClN2O2S/c1-14(11-22)12-24-13-18(23)20-10-17(21-8-4-5-9-21)15-6-2-3-7-16(15)19/h2-3,6-7,14,17,22H,4-5,8-13H2,1H3,(H,20,23)/t14-,17+/m0/s1. The van der Waals surface area contributed by atoms with Gasteiger partial charge in [-0.15, -0.1) is 0 Å². The number of hydrogen-bond donors (Lipinski definition) is 2. The minimum absolute atomic E-state index is 0.0430. The van der Waals surface area contributed by atoms with Crippen molar-refractivity contribution in [3.63, 3.8) is 0 Å². The Hall–Kier alpha value is -0.750. The molecule has 0 aromatic heterocycles. The summed E-state index contributed by atoms with van der Waals surface area (Å²) in [6.07, 6.45) is 2.40. The molecular weight excluding hydrogens is 344 g/mol. The van der Waals surface area contributed by atoms with E-state index >= 15 is 0 Å². The molecule has 4 nitrogen and oxygen atoms in total. The van der Waals surface area contributed by atoms with Gasteiger partial charge >= 0.3 is 0 Å². The van der Waals surface area contributed by atoms with Crippen molar-refractivity contribution in [3.05, 3.63) is 34.9 Å². The van der Waals surface area contributed by atoms with Crippen molar-refractivity contribution < 1.29 is 9.90 Å². The number of carbonyl (C=O) groups excluding carboxylic acids is 1. The van der Waals surface area contributed by atoms with Crippen molar-refractivity contribution in [2.24, 2.45) is 5.92 Å². The lowest BCUT2D eigenvalue weighted by molar-refractivity contribution is -0.118. The van der Waals surface area contributed by atoms with E-state index in [1.165, 1.54) is 12.8 Å². The Balaban J connectivity index is 1.89. The fourth-order valence-electron chi connectivity index (χ4n) is 2.90. The van der Waals surface area contributed by atoms with Gasteiger partial charge in [0.1, 0.15) is 0 Å². The minimum Gasteiger partial charge on any atom is -0.396 e. The predicted molar refractivity (Wildman–Crippen MR) is 102 cm³/mol. The number of likely N-dealkylation sites (tertiary alicyclic amines) is 1. The Morgan fingerprint density at radius 2 is 2.08 bits per heavy atom. The monoisotopic (exact) mass is 370 g/mol. The number of thioether (sulfide) groups is 1. The van der Waals surface area contributed by atoms with Gasteiger partial charge in [0.15, 0.2) is 0 Å². The first-order chi connectivity index (χ1) is 11.6. The Labute approximate surface area is 153 Å². The average Bonchev–Trinajstić information content (AvgIpc) is 3.10. The summed E-state index contributed by atoms with van der Waals surface area (Å²) in [5.41, 5.74) is 1.09. The number of rotatable bonds is 9. The van der Waals surface area contributed by atoms with Crippen molar-refractivity contribution in [3.8, 4) is 0 Å². The molecule has 0 aliphatic carbocycles. The molecule has 6 heteroatoms. The predicted octanol–water partition coefficient (Wildman–Crippen LogP) is 2.95. The molecule has 134 valence electrons. The van der Waals surface area contributed by atoms with E-state index in [4.69, 9.17) is 16.7 Å². The lowest BCUT2D eigenvalue weighted by Crippen LogP contribution is -2.37. The van der Waals surface area contributed by atoms with E-state index in [1.54, 1.807) is 11.8 Å². The van der Waals surface area contributed by atoms with Gasteiger partial charge in [-0.2, -0.15) is 11.8 Å². The fraction of sp³-hybridized carbons (Fsp3) is 0.611. The van der Waals surface area contributed by atoms with Crippen molar-refractivity contribution in [1.29, 1.82) is 0 Å². The minimum atomic E-state index is 0.0430. The van der Waals surface area contributed by atoms with E-state index in [1.807, 2.05) is 25.1 Å². The van der Waals surface area contributed by atoms with Crippen LogP contribution in [0.3, 0.4) is 0 Å². The topological polar surface area (TPSA) is 52.6 Å². The van der Waals surface area contributed by atoms with E-state index in [0.717, 1.165) is 29.4 Å². The summed E-state index contributed by atoms with van der Waals surface area (Å²) < 4.78 is 0. The first-order valence-electron chi connectivity index (χ1n) is 8.55. The molecule has 2 N–H and O–H groups in total. The highest BCUT2D eigenvalue weighted by molar-refractivity contribution is 7.99. The van der Waals surface area contributed by atoms with Gasteiger partial charge < -0.3 is 10.4 Å². The van der Waals surface area contributed by atoms with Gasteiger partial charge in [-0.05, 0) is 49.2 Å². The number of carbonyl (C=O) groups is 1. The third kappa shape index (κ3) is 5.96. The molecule has 1 aromatic rings. The molecule has 1 amide bonds. The van der Waals surface area contributed by atoms with Gasteiger partial charge in [0.25, 0.3) is 0 Å². The van der Waals surface area contributed by atoms with Crippen molar-refractivity contribution >= 4 is 29.3 Å². The zero-order chi connectivity index (χ0) is 17.4. The molecule has 1 fully saturated rings. The fourth-order valence-corrected chi connectivity index (χ4v) is 4.08. The van der Waals surface area contributed by atoms with Gasteiger partial charge in [-0.25, -0.2) is 0 Å². The summed E-state index contributed by atoms with van der Waals surface area (Å²) in [6, 6.07) is 8.03. The summed E-state index contributed by atoms with van der Waals surface area (Å²) in [5, 5.41) is 12.8. The summed E-state index contributed by atoms with van der Waals surface area (Å²) in [4.78, 5) is 14.5. The summed E-state index contributed by atoms with van der Waals surface area (Å²) >= 11 is 7.95. The number of aliphatic hydroxyl groups excluding tert-OH is 1. The molecule has 2 atom stereocenters. The Bertz CT molecular complexity index is 523. The number of benzene rings is 1. The van der Waals surface area contributed by atoms with Crippen LogP contribution in [0.15, 0.2) is 24.3 Å².